The Morgan fingerprint density at radius 2 is 0.743 bits per heavy atom. The van der Waals surface area contributed by atoms with E-state index in [0.717, 1.165) is 32.6 Å². The molecule has 0 spiro atoms. The standard InChI is InChI=1S/2C12H11O2PS2.Zn/c2*13-15(16,14-11-7-3-1-4-8-11)17-12-9-5-2-6-10-12;/h2*1-10H,(H,13,16);/q;;+2/p-2. The average Bonchev–Trinajstić information content (AvgIpc) is 2.81. The summed E-state index contributed by atoms with van der Waals surface area (Å²) in [5.74, 6) is 1.07. The molecule has 0 aliphatic carbocycles. The molecular formula is C24H20O4P2S4Zn. The molecule has 176 valence electrons. The van der Waals surface area contributed by atoms with Crippen molar-refractivity contribution < 1.29 is 38.3 Å². The molecular weight excluding hydrogens is 608 g/mol. The van der Waals surface area contributed by atoms with E-state index < -0.39 is 11.4 Å². The van der Waals surface area contributed by atoms with Crippen molar-refractivity contribution in [3.05, 3.63) is 121 Å². The van der Waals surface area contributed by atoms with Crippen molar-refractivity contribution in [2.45, 2.75) is 9.79 Å². The Kier molecular flexibility index (Phi) is 13.2. The van der Waals surface area contributed by atoms with Crippen LogP contribution in [0.1, 0.15) is 0 Å². The summed E-state index contributed by atoms with van der Waals surface area (Å²) in [6, 6.07) is 36.7. The van der Waals surface area contributed by atoms with Gasteiger partial charge in [-0.2, -0.15) is 0 Å². The third-order valence-electron chi connectivity index (χ3n) is 3.84. The molecule has 0 radical (unpaired) electrons. The molecule has 0 aliphatic heterocycles. The van der Waals surface area contributed by atoms with Crippen molar-refractivity contribution in [3.8, 4) is 11.5 Å². The Morgan fingerprint density at radius 1 is 0.486 bits per heavy atom. The minimum atomic E-state index is -3.14. The van der Waals surface area contributed by atoms with E-state index in [4.69, 9.17) is 32.7 Å². The van der Waals surface area contributed by atoms with E-state index in [0.29, 0.717) is 11.5 Å². The van der Waals surface area contributed by atoms with Gasteiger partial charge >= 0.3 is 19.5 Å². The second-order valence-electron chi connectivity index (χ2n) is 6.51. The van der Waals surface area contributed by atoms with Crippen LogP contribution in [0.5, 0.6) is 11.5 Å². The zero-order valence-electron chi connectivity index (χ0n) is 18.4. The Labute approximate surface area is 237 Å². The molecule has 35 heavy (non-hydrogen) atoms. The van der Waals surface area contributed by atoms with Crippen LogP contribution >= 0.6 is 34.2 Å². The fourth-order valence-electron chi connectivity index (χ4n) is 2.48. The quantitative estimate of drug-likeness (QED) is 0.155. The van der Waals surface area contributed by atoms with E-state index in [1.165, 1.54) is 0 Å². The van der Waals surface area contributed by atoms with Crippen LogP contribution in [-0.4, -0.2) is 0 Å². The molecule has 0 amide bonds. The van der Waals surface area contributed by atoms with Crippen LogP contribution in [0.2, 0.25) is 0 Å². The van der Waals surface area contributed by atoms with Gasteiger partial charge in [0.05, 0.1) is 0 Å². The van der Waals surface area contributed by atoms with Crippen molar-refractivity contribution in [2.24, 2.45) is 0 Å². The zero-order valence-corrected chi connectivity index (χ0v) is 26.4. The van der Waals surface area contributed by atoms with Crippen LogP contribution in [0.25, 0.3) is 0 Å². The number of rotatable bonds is 8. The number of hydrogen-bond acceptors (Lipinski definition) is 8. The van der Waals surface area contributed by atoms with Gasteiger partial charge in [-0.3, -0.25) is 0 Å². The van der Waals surface area contributed by atoms with Crippen LogP contribution in [0.4, 0.5) is 0 Å². The van der Waals surface area contributed by atoms with Crippen molar-refractivity contribution in [2.75, 3.05) is 0 Å². The van der Waals surface area contributed by atoms with Gasteiger partial charge in [0.1, 0.15) is 22.9 Å². The maximum Gasteiger partial charge on any atom is 2.00 e. The third-order valence-corrected chi connectivity index (χ3v) is 11.0. The molecule has 0 fully saturated rings. The second kappa shape index (κ2) is 15.3. The molecule has 0 bridgehead atoms. The van der Waals surface area contributed by atoms with Gasteiger partial charge in [0, 0.05) is 9.79 Å². The average molecular weight is 628 g/mol. The number of benzene rings is 4. The summed E-state index contributed by atoms with van der Waals surface area (Å²) in [5.41, 5.74) is -6.27. The maximum atomic E-state index is 12.1. The van der Waals surface area contributed by atoms with E-state index in [2.05, 4.69) is 0 Å². The van der Waals surface area contributed by atoms with Gasteiger partial charge in [-0.1, -0.05) is 119 Å². The smallest absolute Gasteiger partial charge is 0.783 e. The zero-order chi connectivity index (χ0) is 24.3. The van der Waals surface area contributed by atoms with E-state index >= 15 is 0 Å². The van der Waals surface area contributed by atoms with Crippen LogP contribution in [0, 0.1) is 0 Å². The maximum absolute atomic E-state index is 12.1. The Hall–Kier alpha value is -0.977. The number of hydrogen-bond donors (Lipinski definition) is 0. The first-order valence-electron chi connectivity index (χ1n) is 9.92. The van der Waals surface area contributed by atoms with E-state index in [1.807, 2.05) is 97.1 Å². The first-order chi connectivity index (χ1) is 16.3. The minimum absolute atomic E-state index is 0. The molecule has 4 rings (SSSR count). The normalized spacial score (nSPS) is 13.5. The van der Waals surface area contributed by atoms with Crippen molar-refractivity contribution >= 4 is 57.8 Å². The Morgan fingerprint density at radius 3 is 1.03 bits per heavy atom. The fraction of sp³-hybridized carbons (Fsp3) is 0. The molecule has 2 atom stereocenters. The first kappa shape index (κ1) is 30.2. The molecule has 4 nitrogen and oxygen atoms in total. The van der Waals surface area contributed by atoms with Gasteiger partial charge < -0.3 is 18.8 Å². The van der Waals surface area contributed by atoms with Gasteiger partial charge in [0.25, 0.3) is 0 Å². The summed E-state index contributed by atoms with van der Waals surface area (Å²) in [7, 11) is 0. The van der Waals surface area contributed by atoms with Gasteiger partial charge in [0.2, 0.25) is 0 Å². The summed E-state index contributed by atoms with van der Waals surface area (Å²) < 4.78 is 10.7. The molecule has 0 N–H and O–H groups in total. The minimum Gasteiger partial charge on any atom is -0.783 e. The van der Waals surface area contributed by atoms with E-state index in [9.17, 15) is 9.79 Å². The summed E-state index contributed by atoms with van der Waals surface area (Å²) in [5, 5.41) is 0. The van der Waals surface area contributed by atoms with Crippen LogP contribution in [0.3, 0.4) is 0 Å². The molecule has 11 heteroatoms. The summed E-state index contributed by atoms with van der Waals surface area (Å²) in [6.45, 7) is 0. The summed E-state index contributed by atoms with van der Waals surface area (Å²) in [6.07, 6.45) is 0. The van der Waals surface area contributed by atoms with E-state index in [-0.39, 0.29) is 19.5 Å². The van der Waals surface area contributed by atoms with Gasteiger partial charge in [-0.05, 0) is 48.5 Å². The molecule has 4 aromatic carbocycles. The monoisotopic (exact) mass is 626 g/mol. The SMILES string of the molecule is [O-]P(=S)(Oc1ccccc1)Sc1ccccc1.[O-]P(=S)(Oc1ccccc1)Sc1ccccc1.[Zn+2]. The molecule has 0 heterocycles. The molecule has 0 aliphatic rings. The Bertz CT molecular complexity index is 1050. The molecule has 2 unspecified atom stereocenters. The van der Waals surface area contributed by atoms with Gasteiger partial charge in [0.15, 0.2) is 0 Å². The predicted molar refractivity (Wildman–Crippen MR) is 147 cm³/mol. The molecule has 0 saturated carbocycles. The first-order valence-corrected chi connectivity index (χ1v) is 18.0. The van der Waals surface area contributed by atoms with Gasteiger partial charge in [-0.15, -0.1) is 0 Å². The van der Waals surface area contributed by atoms with Crippen LogP contribution < -0.4 is 18.8 Å². The second-order valence-corrected chi connectivity index (χ2v) is 18.2. The summed E-state index contributed by atoms with van der Waals surface area (Å²) >= 11 is 12.2. The van der Waals surface area contributed by atoms with Crippen molar-refractivity contribution in [1.82, 2.24) is 0 Å². The predicted octanol–water partition coefficient (Wildman–Crippen LogP) is 6.88. The molecule has 0 aromatic heterocycles. The largest absolute Gasteiger partial charge is 2.00 e. The number of para-hydroxylation sites is 2. The summed E-state index contributed by atoms with van der Waals surface area (Å²) in [4.78, 5) is 25.9. The van der Waals surface area contributed by atoms with Crippen LogP contribution in [0.15, 0.2) is 131 Å². The molecule has 0 saturated heterocycles. The fourth-order valence-corrected chi connectivity index (χ4v) is 9.47. The Balaban J connectivity index is 0.000000240. The van der Waals surface area contributed by atoms with Crippen LogP contribution in [-0.2, 0) is 43.1 Å². The third kappa shape index (κ3) is 12.2. The van der Waals surface area contributed by atoms with E-state index in [1.54, 1.807) is 24.3 Å². The van der Waals surface area contributed by atoms with Crippen molar-refractivity contribution in [1.29, 1.82) is 0 Å². The van der Waals surface area contributed by atoms with Crippen molar-refractivity contribution in [3.63, 3.8) is 0 Å². The topological polar surface area (TPSA) is 64.6 Å². The molecule has 4 aromatic rings. The van der Waals surface area contributed by atoms with Gasteiger partial charge in [-0.25, -0.2) is 0 Å².